The molecule has 0 unspecified atom stereocenters. The van der Waals surface area contributed by atoms with Crippen LogP contribution in [0.1, 0.15) is 12.8 Å². The minimum Gasteiger partial charge on any atom is -0.487 e. The smallest absolute Gasteiger partial charge is 0.292 e. The molecule has 22 heavy (non-hydrogen) atoms. The van der Waals surface area contributed by atoms with Gasteiger partial charge in [-0.15, -0.1) is 0 Å². The zero-order chi connectivity index (χ0) is 15.8. The lowest BCUT2D eigenvalue weighted by Gasteiger charge is -2.26. The molecule has 0 aromatic carbocycles. The summed E-state index contributed by atoms with van der Waals surface area (Å²) in [5, 5.41) is 0. The van der Waals surface area contributed by atoms with Crippen LogP contribution < -0.4 is 16.0 Å². The molecule has 2 N–H and O–H groups in total. The zero-order valence-electron chi connectivity index (χ0n) is 12.7. The number of aromatic nitrogens is 1. The minimum absolute atomic E-state index is 0.0303. The fourth-order valence-corrected chi connectivity index (χ4v) is 2.28. The molecule has 0 spiro atoms. The predicted molar refractivity (Wildman–Crippen MR) is 81.9 cm³/mol. The molecular formula is C15H23N3O4. The quantitative estimate of drug-likeness (QED) is 0.755. The van der Waals surface area contributed by atoms with Crippen molar-refractivity contribution in [3.05, 3.63) is 28.7 Å². The maximum atomic E-state index is 12.1. The maximum absolute atomic E-state index is 12.1. The van der Waals surface area contributed by atoms with E-state index in [1.54, 1.807) is 27.8 Å². The maximum Gasteiger partial charge on any atom is 0.292 e. The third-order valence-electron chi connectivity index (χ3n) is 3.53. The van der Waals surface area contributed by atoms with Crippen molar-refractivity contribution in [2.24, 2.45) is 5.73 Å². The highest BCUT2D eigenvalue weighted by Gasteiger charge is 2.16. The van der Waals surface area contributed by atoms with Crippen LogP contribution in [0.5, 0.6) is 5.75 Å². The van der Waals surface area contributed by atoms with Crippen molar-refractivity contribution in [2.75, 3.05) is 39.5 Å². The molecule has 122 valence electrons. The molecule has 1 aliphatic heterocycles. The van der Waals surface area contributed by atoms with Gasteiger partial charge in [0.1, 0.15) is 0 Å². The van der Waals surface area contributed by atoms with E-state index in [2.05, 4.69) is 0 Å². The van der Waals surface area contributed by atoms with E-state index >= 15 is 0 Å². The van der Waals surface area contributed by atoms with Gasteiger partial charge in [-0.05, 0) is 25.1 Å². The Morgan fingerprint density at radius 3 is 2.86 bits per heavy atom. The van der Waals surface area contributed by atoms with E-state index in [-0.39, 0.29) is 30.2 Å². The van der Waals surface area contributed by atoms with Crippen molar-refractivity contribution in [3.63, 3.8) is 0 Å². The Morgan fingerprint density at radius 2 is 2.14 bits per heavy atom. The van der Waals surface area contributed by atoms with Crippen LogP contribution in [0, 0.1) is 0 Å². The average molecular weight is 309 g/mol. The number of morpholine rings is 1. The topological polar surface area (TPSA) is 86.8 Å². The molecule has 0 bridgehead atoms. The summed E-state index contributed by atoms with van der Waals surface area (Å²) in [4.78, 5) is 25.9. The number of rotatable bonds is 7. The fraction of sp³-hybridized carbons (Fsp3) is 0.600. The van der Waals surface area contributed by atoms with Gasteiger partial charge in [0.25, 0.3) is 5.56 Å². The Bertz CT molecular complexity index is 538. The SMILES string of the molecule is NCCCn1cccc(OCCC(=O)N2CCOCC2)c1=O. The number of nitrogens with two attached hydrogens (primary N) is 1. The summed E-state index contributed by atoms with van der Waals surface area (Å²) >= 11 is 0. The Labute approximate surface area is 129 Å². The molecule has 1 fully saturated rings. The summed E-state index contributed by atoms with van der Waals surface area (Å²) in [7, 11) is 0. The number of aryl methyl sites for hydroxylation is 1. The van der Waals surface area contributed by atoms with Gasteiger partial charge in [-0.25, -0.2) is 0 Å². The molecule has 1 aliphatic rings. The van der Waals surface area contributed by atoms with Gasteiger partial charge in [-0.3, -0.25) is 9.59 Å². The van der Waals surface area contributed by atoms with Crippen molar-refractivity contribution >= 4 is 5.91 Å². The van der Waals surface area contributed by atoms with Crippen LogP contribution in [0.15, 0.2) is 23.1 Å². The van der Waals surface area contributed by atoms with Gasteiger partial charge in [0, 0.05) is 25.8 Å². The first-order valence-corrected chi connectivity index (χ1v) is 7.60. The number of hydrogen-bond donors (Lipinski definition) is 1. The molecule has 1 aromatic rings. The highest BCUT2D eigenvalue weighted by Crippen LogP contribution is 2.05. The lowest BCUT2D eigenvalue weighted by atomic mass is 10.3. The van der Waals surface area contributed by atoms with Crippen molar-refractivity contribution in [3.8, 4) is 5.75 Å². The van der Waals surface area contributed by atoms with Crippen LogP contribution in [0.2, 0.25) is 0 Å². The van der Waals surface area contributed by atoms with Crippen LogP contribution in [-0.4, -0.2) is 54.8 Å². The van der Waals surface area contributed by atoms with Gasteiger partial charge in [0.15, 0.2) is 5.75 Å². The van der Waals surface area contributed by atoms with E-state index in [1.807, 2.05) is 0 Å². The first kappa shape index (κ1) is 16.5. The van der Waals surface area contributed by atoms with E-state index in [0.29, 0.717) is 39.4 Å². The third-order valence-corrected chi connectivity index (χ3v) is 3.53. The van der Waals surface area contributed by atoms with Gasteiger partial charge < -0.3 is 24.7 Å². The lowest BCUT2D eigenvalue weighted by Crippen LogP contribution is -2.41. The average Bonchev–Trinajstić information content (AvgIpc) is 2.56. The van der Waals surface area contributed by atoms with Crippen molar-refractivity contribution in [1.82, 2.24) is 9.47 Å². The van der Waals surface area contributed by atoms with E-state index < -0.39 is 0 Å². The highest BCUT2D eigenvalue weighted by atomic mass is 16.5. The first-order valence-electron chi connectivity index (χ1n) is 7.60. The molecule has 7 nitrogen and oxygen atoms in total. The molecule has 0 aliphatic carbocycles. The first-order chi connectivity index (χ1) is 10.7. The largest absolute Gasteiger partial charge is 0.487 e. The minimum atomic E-state index is -0.185. The second kappa shape index (κ2) is 8.55. The predicted octanol–water partition coefficient (Wildman–Crippen LogP) is -0.175. The Hall–Kier alpha value is -1.86. The molecule has 7 heteroatoms. The fourth-order valence-electron chi connectivity index (χ4n) is 2.28. The Balaban J connectivity index is 1.83. The van der Waals surface area contributed by atoms with E-state index in [0.717, 1.165) is 6.42 Å². The summed E-state index contributed by atoms with van der Waals surface area (Å²) in [5.74, 6) is 0.303. The lowest BCUT2D eigenvalue weighted by molar-refractivity contribution is -0.135. The summed E-state index contributed by atoms with van der Waals surface area (Å²) < 4.78 is 12.3. The van der Waals surface area contributed by atoms with Crippen LogP contribution in [0.4, 0.5) is 0 Å². The van der Waals surface area contributed by atoms with Gasteiger partial charge >= 0.3 is 0 Å². The summed E-state index contributed by atoms with van der Waals surface area (Å²) in [6.45, 7) is 3.71. The van der Waals surface area contributed by atoms with Crippen LogP contribution >= 0.6 is 0 Å². The monoisotopic (exact) mass is 309 g/mol. The van der Waals surface area contributed by atoms with Crippen LogP contribution in [-0.2, 0) is 16.1 Å². The number of carbonyl (C=O) groups is 1. The third kappa shape index (κ3) is 4.57. The summed E-state index contributed by atoms with van der Waals surface area (Å²) in [6, 6.07) is 3.39. The summed E-state index contributed by atoms with van der Waals surface area (Å²) in [6.07, 6.45) is 2.71. The van der Waals surface area contributed by atoms with Gasteiger partial charge in [-0.1, -0.05) is 0 Å². The molecule has 2 rings (SSSR count). The normalized spacial score (nSPS) is 14.9. The number of pyridine rings is 1. The number of hydrogen-bond acceptors (Lipinski definition) is 5. The van der Waals surface area contributed by atoms with Crippen LogP contribution in [0.25, 0.3) is 0 Å². The van der Waals surface area contributed by atoms with Crippen molar-refractivity contribution in [1.29, 1.82) is 0 Å². The van der Waals surface area contributed by atoms with Crippen LogP contribution in [0.3, 0.4) is 0 Å². The highest BCUT2D eigenvalue weighted by molar-refractivity contribution is 5.76. The van der Waals surface area contributed by atoms with Gasteiger partial charge in [-0.2, -0.15) is 0 Å². The number of amides is 1. The second-order valence-corrected chi connectivity index (χ2v) is 5.10. The van der Waals surface area contributed by atoms with E-state index in [9.17, 15) is 9.59 Å². The van der Waals surface area contributed by atoms with Crippen molar-refractivity contribution < 1.29 is 14.3 Å². The number of ether oxygens (including phenoxy) is 2. The standard InChI is InChI=1S/C15H23N3O4/c16-5-2-7-18-6-1-3-13(15(18)20)22-10-4-14(19)17-8-11-21-12-9-17/h1,3,6H,2,4-5,7-12,16H2. The van der Waals surface area contributed by atoms with Gasteiger partial charge in [0.05, 0.1) is 26.2 Å². The van der Waals surface area contributed by atoms with Gasteiger partial charge in [0.2, 0.25) is 5.91 Å². The molecular weight excluding hydrogens is 286 g/mol. The second-order valence-electron chi connectivity index (χ2n) is 5.10. The Morgan fingerprint density at radius 1 is 1.36 bits per heavy atom. The molecule has 0 atom stereocenters. The van der Waals surface area contributed by atoms with Crippen molar-refractivity contribution in [2.45, 2.75) is 19.4 Å². The molecule has 1 saturated heterocycles. The molecule has 0 radical (unpaired) electrons. The van der Waals surface area contributed by atoms with E-state index in [1.165, 1.54) is 0 Å². The Kier molecular flexibility index (Phi) is 6.42. The summed E-state index contributed by atoms with van der Waals surface area (Å²) in [5.41, 5.74) is 5.27. The molecule has 1 amide bonds. The number of carbonyl (C=O) groups excluding carboxylic acids is 1. The van der Waals surface area contributed by atoms with E-state index in [4.69, 9.17) is 15.2 Å². The number of nitrogens with zero attached hydrogens (tertiary/aromatic N) is 2. The molecule has 0 saturated carbocycles. The zero-order valence-corrected chi connectivity index (χ0v) is 12.7. The molecule has 2 heterocycles. The molecule has 1 aromatic heterocycles.